The highest BCUT2D eigenvalue weighted by atomic mass is 16.1. The van der Waals surface area contributed by atoms with Crippen LogP contribution in [-0.2, 0) is 11.2 Å². The van der Waals surface area contributed by atoms with Crippen molar-refractivity contribution in [2.24, 2.45) is 0 Å². The van der Waals surface area contributed by atoms with Crippen molar-refractivity contribution in [3.63, 3.8) is 0 Å². The molecule has 29 heavy (non-hydrogen) atoms. The fourth-order valence-corrected chi connectivity index (χ4v) is 4.08. The Labute approximate surface area is 168 Å². The predicted octanol–water partition coefficient (Wildman–Crippen LogP) is 5.44. The van der Waals surface area contributed by atoms with Crippen LogP contribution in [0.3, 0.4) is 0 Å². The highest BCUT2D eigenvalue weighted by Gasteiger charge is 2.18. The van der Waals surface area contributed by atoms with Crippen LogP contribution in [0.5, 0.6) is 0 Å². The summed E-state index contributed by atoms with van der Waals surface area (Å²) in [5.74, 6) is 0.876. The zero-order chi connectivity index (χ0) is 20.0. The molecule has 0 aliphatic heterocycles. The second kappa shape index (κ2) is 6.74. The van der Waals surface area contributed by atoms with E-state index in [1.54, 1.807) is 0 Å². The number of rotatable bonds is 3. The van der Waals surface area contributed by atoms with Gasteiger partial charge in [0.2, 0.25) is 5.91 Å². The van der Waals surface area contributed by atoms with Crippen molar-refractivity contribution < 1.29 is 4.79 Å². The quantitative estimate of drug-likeness (QED) is 0.454. The summed E-state index contributed by atoms with van der Waals surface area (Å²) in [7, 11) is 0. The molecule has 0 aliphatic rings. The van der Waals surface area contributed by atoms with E-state index in [4.69, 9.17) is 4.98 Å². The monoisotopic (exact) mass is 379 g/mol. The van der Waals surface area contributed by atoms with Gasteiger partial charge >= 0.3 is 0 Å². The lowest BCUT2D eigenvalue weighted by molar-refractivity contribution is -0.115. The van der Waals surface area contributed by atoms with Gasteiger partial charge in [-0.1, -0.05) is 60.2 Å². The van der Waals surface area contributed by atoms with E-state index in [2.05, 4.69) is 40.9 Å². The number of carbonyl (C=O) groups is 1. The van der Waals surface area contributed by atoms with Gasteiger partial charge in [0.25, 0.3) is 0 Å². The number of carbonyl (C=O) groups excluding carboxylic acids is 1. The van der Waals surface area contributed by atoms with Gasteiger partial charge in [0.05, 0.1) is 28.7 Å². The molecule has 4 heteroatoms. The Kier molecular flexibility index (Phi) is 4.06. The average molecular weight is 379 g/mol. The Morgan fingerprint density at radius 2 is 1.69 bits per heavy atom. The van der Waals surface area contributed by atoms with Gasteiger partial charge in [0.15, 0.2) is 0 Å². The Balaban J connectivity index is 1.75. The highest BCUT2D eigenvalue weighted by molar-refractivity contribution is 6.16. The first kappa shape index (κ1) is 17.4. The molecule has 0 atom stereocenters. The molecule has 0 saturated heterocycles. The molecule has 2 heterocycles. The minimum absolute atomic E-state index is 0.0234. The van der Waals surface area contributed by atoms with Crippen LogP contribution in [0, 0.1) is 13.8 Å². The third-order valence-electron chi connectivity index (χ3n) is 5.36. The molecule has 142 valence electrons. The summed E-state index contributed by atoms with van der Waals surface area (Å²) in [4.78, 5) is 17.7. The standard InChI is InChI=1S/C25H21N3O/c1-16-12-13-21-20(14-16)25-24(27-23(29)15-18-8-4-3-5-9-18)19-10-6-7-11-22(19)28(25)17(2)26-21/h3-14H,15H2,1-2H3,(H,27,29). The van der Waals surface area contributed by atoms with E-state index in [1.807, 2.05) is 55.5 Å². The first-order valence-electron chi connectivity index (χ1n) is 9.76. The number of benzene rings is 3. The predicted molar refractivity (Wildman–Crippen MR) is 118 cm³/mol. The van der Waals surface area contributed by atoms with Crippen molar-refractivity contribution in [2.75, 3.05) is 5.32 Å². The van der Waals surface area contributed by atoms with E-state index >= 15 is 0 Å². The van der Waals surface area contributed by atoms with Crippen molar-refractivity contribution in [2.45, 2.75) is 20.3 Å². The van der Waals surface area contributed by atoms with Crippen LogP contribution in [0.4, 0.5) is 5.69 Å². The van der Waals surface area contributed by atoms with Gasteiger partial charge in [-0.05, 0) is 37.6 Å². The number of aryl methyl sites for hydroxylation is 2. The van der Waals surface area contributed by atoms with Crippen molar-refractivity contribution in [3.05, 3.63) is 89.7 Å². The largest absolute Gasteiger partial charge is 0.323 e. The first-order valence-corrected chi connectivity index (χ1v) is 9.76. The third-order valence-corrected chi connectivity index (χ3v) is 5.36. The molecule has 1 amide bonds. The lowest BCUT2D eigenvalue weighted by Gasteiger charge is -2.10. The molecule has 4 nitrogen and oxygen atoms in total. The maximum absolute atomic E-state index is 12.9. The Morgan fingerprint density at radius 1 is 0.931 bits per heavy atom. The minimum atomic E-state index is -0.0234. The number of hydrogen-bond acceptors (Lipinski definition) is 2. The third kappa shape index (κ3) is 2.93. The molecule has 0 spiro atoms. The van der Waals surface area contributed by atoms with Crippen LogP contribution in [0.15, 0.2) is 72.8 Å². The summed E-state index contributed by atoms with van der Waals surface area (Å²) in [6.45, 7) is 4.08. The molecule has 0 bridgehead atoms. The van der Waals surface area contributed by atoms with E-state index in [9.17, 15) is 4.79 Å². The van der Waals surface area contributed by atoms with Crippen molar-refractivity contribution in [1.29, 1.82) is 0 Å². The van der Waals surface area contributed by atoms with E-state index in [-0.39, 0.29) is 5.91 Å². The maximum Gasteiger partial charge on any atom is 0.228 e. The summed E-state index contributed by atoms with van der Waals surface area (Å²) in [6, 6.07) is 24.2. The summed E-state index contributed by atoms with van der Waals surface area (Å²) < 4.78 is 2.15. The number of fused-ring (bicyclic) bond motifs is 5. The van der Waals surface area contributed by atoms with Crippen LogP contribution < -0.4 is 5.32 Å². The number of aromatic nitrogens is 2. The van der Waals surface area contributed by atoms with Gasteiger partial charge < -0.3 is 5.32 Å². The minimum Gasteiger partial charge on any atom is -0.323 e. The smallest absolute Gasteiger partial charge is 0.228 e. The van der Waals surface area contributed by atoms with Crippen molar-refractivity contribution >= 4 is 38.9 Å². The topological polar surface area (TPSA) is 46.4 Å². The molecule has 5 rings (SSSR count). The number of nitrogens with one attached hydrogen (secondary N) is 1. The fraction of sp³-hybridized carbons (Fsp3) is 0.120. The van der Waals surface area contributed by atoms with Gasteiger partial charge in [-0.25, -0.2) is 4.98 Å². The Morgan fingerprint density at radius 3 is 2.52 bits per heavy atom. The molecule has 2 aromatic heterocycles. The Bertz CT molecular complexity index is 1380. The Hall–Kier alpha value is -3.66. The molecule has 0 aliphatic carbocycles. The van der Waals surface area contributed by atoms with Gasteiger partial charge in [-0.2, -0.15) is 0 Å². The summed E-state index contributed by atoms with van der Waals surface area (Å²) in [5, 5.41) is 5.27. The zero-order valence-corrected chi connectivity index (χ0v) is 16.4. The van der Waals surface area contributed by atoms with E-state index in [1.165, 1.54) is 0 Å². The second-order valence-electron chi connectivity index (χ2n) is 7.47. The molecular formula is C25H21N3O. The van der Waals surface area contributed by atoms with Crippen LogP contribution in [0.2, 0.25) is 0 Å². The number of amides is 1. The van der Waals surface area contributed by atoms with E-state index in [0.29, 0.717) is 6.42 Å². The fourth-order valence-electron chi connectivity index (χ4n) is 4.08. The van der Waals surface area contributed by atoms with Gasteiger partial charge in [0, 0.05) is 10.8 Å². The van der Waals surface area contributed by atoms with Crippen molar-refractivity contribution in [1.82, 2.24) is 9.38 Å². The lowest BCUT2D eigenvalue weighted by Crippen LogP contribution is -2.14. The summed E-state index contributed by atoms with van der Waals surface area (Å²) >= 11 is 0. The van der Waals surface area contributed by atoms with Crippen LogP contribution >= 0.6 is 0 Å². The number of para-hydroxylation sites is 1. The second-order valence-corrected chi connectivity index (χ2v) is 7.47. The highest BCUT2D eigenvalue weighted by Crippen LogP contribution is 2.36. The average Bonchev–Trinajstić information content (AvgIpc) is 3.05. The molecule has 5 aromatic rings. The summed E-state index contributed by atoms with van der Waals surface area (Å²) in [5.41, 5.74) is 5.99. The molecule has 1 N–H and O–H groups in total. The van der Waals surface area contributed by atoms with Gasteiger partial charge in [0.1, 0.15) is 5.82 Å². The van der Waals surface area contributed by atoms with Crippen LogP contribution in [0.1, 0.15) is 17.0 Å². The zero-order valence-electron chi connectivity index (χ0n) is 16.4. The molecule has 0 unspecified atom stereocenters. The maximum atomic E-state index is 12.9. The van der Waals surface area contributed by atoms with E-state index < -0.39 is 0 Å². The SMILES string of the molecule is Cc1ccc2nc(C)n3c4ccccc4c(NC(=O)Cc4ccccc4)c3c2c1. The van der Waals surface area contributed by atoms with E-state index in [0.717, 1.165) is 50.0 Å². The normalized spacial score (nSPS) is 11.4. The van der Waals surface area contributed by atoms with Gasteiger partial charge in [-0.15, -0.1) is 0 Å². The van der Waals surface area contributed by atoms with Gasteiger partial charge in [-0.3, -0.25) is 9.20 Å². The summed E-state index contributed by atoms with van der Waals surface area (Å²) in [6.07, 6.45) is 0.341. The molecule has 0 radical (unpaired) electrons. The molecular weight excluding hydrogens is 358 g/mol. The number of hydrogen-bond donors (Lipinski definition) is 1. The van der Waals surface area contributed by atoms with Crippen LogP contribution in [0.25, 0.3) is 27.3 Å². The van der Waals surface area contributed by atoms with Crippen LogP contribution in [-0.4, -0.2) is 15.3 Å². The molecule has 0 saturated carbocycles. The molecule has 0 fully saturated rings. The molecule has 3 aromatic carbocycles. The number of nitrogens with zero attached hydrogens (tertiary/aromatic N) is 2. The first-order chi connectivity index (χ1) is 14.1. The van der Waals surface area contributed by atoms with Crippen molar-refractivity contribution in [3.8, 4) is 0 Å². The number of anilines is 1. The lowest BCUT2D eigenvalue weighted by atomic mass is 10.1.